The molecule has 2 heteroatoms. The molecule has 0 aromatic carbocycles. The Hall–Kier alpha value is -0.550. The van der Waals surface area contributed by atoms with Crippen molar-refractivity contribution in [2.75, 3.05) is 13.1 Å². The highest BCUT2D eigenvalue weighted by atomic mass is 15.2. The van der Waals surface area contributed by atoms with Gasteiger partial charge in [0.25, 0.3) is 0 Å². The van der Waals surface area contributed by atoms with Crippen molar-refractivity contribution < 1.29 is 0 Å². The summed E-state index contributed by atoms with van der Waals surface area (Å²) in [7, 11) is 0. The molecular weight excluding hydrogens is 112 g/mol. The van der Waals surface area contributed by atoms with E-state index in [0.29, 0.717) is 0 Å². The third-order valence-corrected chi connectivity index (χ3v) is 1.88. The van der Waals surface area contributed by atoms with Gasteiger partial charge in [0.15, 0.2) is 0 Å². The van der Waals surface area contributed by atoms with Crippen molar-refractivity contribution >= 4 is 0 Å². The summed E-state index contributed by atoms with van der Waals surface area (Å²) in [4.78, 5) is 2.22. The molecular formula is C7H12N2. The van der Waals surface area contributed by atoms with Crippen LogP contribution in [-0.4, -0.2) is 24.0 Å². The smallest absolute Gasteiger partial charge is 0.0949 e. The SMILES string of the molecule is CC(C#N)N1CCCC1. The van der Waals surface area contributed by atoms with Crippen molar-refractivity contribution in [1.29, 1.82) is 5.26 Å². The van der Waals surface area contributed by atoms with E-state index < -0.39 is 0 Å². The van der Waals surface area contributed by atoms with Crippen LogP contribution >= 0.6 is 0 Å². The number of hydrogen-bond acceptors (Lipinski definition) is 2. The van der Waals surface area contributed by atoms with Crippen LogP contribution in [0.4, 0.5) is 0 Å². The fraction of sp³-hybridized carbons (Fsp3) is 0.857. The zero-order valence-electron chi connectivity index (χ0n) is 5.80. The van der Waals surface area contributed by atoms with E-state index in [-0.39, 0.29) is 6.04 Å². The normalized spacial score (nSPS) is 23.6. The molecule has 0 bridgehead atoms. The molecule has 1 unspecified atom stereocenters. The molecule has 0 N–H and O–H groups in total. The van der Waals surface area contributed by atoms with Gasteiger partial charge in [-0.1, -0.05) is 0 Å². The summed E-state index contributed by atoms with van der Waals surface area (Å²) in [6.45, 7) is 4.20. The maximum atomic E-state index is 8.50. The standard InChI is InChI=1S/C7H12N2/c1-7(6-8)9-4-2-3-5-9/h7H,2-5H2,1H3. The Morgan fingerprint density at radius 1 is 1.44 bits per heavy atom. The number of nitriles is 1. The molecule has 0 aromatic rings. The Morgan fingerprint density at radius 2 is 2.00 bits per heavy atom. The minimum atomic E-state index is 0.132. The summed E-state index contributed by atoms with van der Waals surface area (Å²) in [5.41, 5.74) is 0. The average molecular weight is 124 g/mol. The van der Waals surface area contributed by atoms with E-state index in [1.807, 2.05) is 6.92 Å². The lowest BCUT2D eigenvalue weighted by Gasteiger charge is -2.15. The van der Waals surface area contributed by atoms with E-state index in [1.54, 1.807) is 0 Å². The van der Waals surface area contributed by atoms with E-state index in [0.717, 1.165) is 13.1 Å². The first-order chi connectivity index (χ1) is 4.34. The molecule has 1 atom stereocenters. The van der Waals surface area contributed by atoms with Crippen LogP contribution in [0.15, 0.2) is 0 Å². The van der Waals surface area contributed by atoms with Gasteiger partial charge in [-0.2, -0.15) is 5.26 Å². The minimum Gasteiger partial charge on any atom is -0.288 e. The summed E-state index contributed by atoms with van der Waals surface area (Å²) >= 11 is 0. The van der Waals surface area contributed by atoms with Crippen LogP contribution in [0, 0.1) is 11.3 Å². The quantitative estimate of drug-likeness (QED) is 0.521. The second-order valence-electron chi connectivity index (χ2n) is 2.55. The summed E-state index contributed by atoms with van der Waals surface area (Å²) < 4.78 is 0. The van der Waals surface area contributed by atoms with Gasteiger partial charge in [0.2, 0.25) is 0 Å². The molecule has 0 radical (unpaired) electrons. The highest BCUT2D eigenvalue weighted by Gasteiger charge is 2.16. The van der Waals surface area contributed by atoms with Gasteiger partial charge in [0.05, 0.1) is 12.1 Å². The molecule has 2 nitrogen and oxygen atoms in total. The molecule has 1 aliphatic rings. The fourth-order valence-electron chi connectivity index (χ4n) is 1.21. The van der Waals surface area contributed by atoms with Gasteiger partial charge in [-0.05, 0) is 32.9 Å². The fourth-order valence-corrected chi connectivity index (χ4v) is 1.21. The monoisotopic (exact) mass is 124 g/mol. The molecule has 50 valence electrons. The van der Waals surface area contributed by atoms with Crippen LogP contribution in [0.2, 0.25) is 0 Å². The van der Waals surface area contributed by atoms with E-state index in [1.165, 1.54) is 12.8 Å². The van der Waals surface area contributed by atoms with E-state index >= 15 is 0 Å². The molecule has 0 aromatic heterocycles. The molecule has 0 amide bonds. The third-order valence-electron chi connectivity index (χ3n) is 1.88. The number of nitrogens with zero attached hydrogens (tertiary/aromatic N) is 2. The number of likely N-dealkylation sites (tertiary alicyclic amines) is 1. The van der Waals surface area contributed by atoms with E-state index in [2.05, 4.69) is 11.0 Å². The van der Waals surface area contributed by atoms with Crippen molar-refractivity contribution in [3.05, 3.63) is 0 Å². The Labute approximate surface area is 56.1 Å². The van der Waals surface area contributed by atoms with Crippen LogP contribution < -0.4 is 0 Å². The second kappa shape index (κ2) is 2.84. The zero-order chi connectivity index (χ0) is 6.69. The molecule has 1 aliphatic heterocycles. The Balaban J connectivity index is 2.34. The van der Waals surface area contributed by atoms with Crippen LogP contribution in [-0.2, 0) is 0 Å². The van der Waals surface area contributed by atoms with Gasteiger partial charge in [-0.15, -0.1) is 0 Å². The summed E-state index contributed by atoms with van der Waals surface area (Å²) in [5, 5.41) is 8.50. The maximum absolute atomic E-state index is 8.50. The van der Waals surface area contributed by atoms with Gasteiger partial charge >= 0.3 is 0 Å². The van der Waals surface area contributed by atoms with Gasteiger partial charge in [-0.25, -0.2) is 0 Å². The lowest BCUT2D eigenvalue weighted by Crippen LogP contribution is -2.28. The molecule has 1 rings (SSSR count). The Bertz CT molecular complexity index is 119. The highest BCUT2D eigenvalue weighted by Crippen LogP contribution is 2.09. The first kappa shape index (κ1) is 6.57. The lowest BCUT2D eigenvalue weighted by atomic mass is 10.3. The van der Waals surface area contributed by atoms with Crippen molar-refractivity contribution in [2.24, 2.45) is 0 Å². The molecule has 9 heavy (non-hydrogen) atoms. The van der Waals surface area contributed by atoms with E-state index in [9.17, 15) is 0 Å². The van der Waals surface area contributed by atoms with Gasteiger partial charge in [0, 0.05) is 0 Å². The Kier molecular flexibility index (Phi) is 2.07. The molecule has 1 heterocycles. The number of hydrogen-bond donors (Lipinski definition) is 0. The number of rotatable bonds is 1. The van der Waals surface area contributed by atoms with Gasteiger partial charge in [-0.3, -0.25) is 4.90 Å². The van der Waals surface area contributed by atoms with Crippen LogP contribution in [0.1, 0.15) is 19.8 Å². The van der Waals surface area contributed by atoms with Crippen LogP contribution in [0.5, 0.6) is 0 Å². The van der Waals surface area contributed by atoms with Gasteiger partial charge in [0.1, 0.15) is 0 Å². The van der Waals surface area contributed by atoms with E-state index in [4.69, 9.17) is 5.26 Å². The highest BCUT2D eigenvalue weighted by molar-refractivity contribution is 4.89. The second-order valence-corrected chi connectivity index (χ2v) is 2.55. The zero-order valence-corrected chi connectivity index (χ0v) is 5.80. The van der Waals surface area contributed by atoms with Crippen LogP contribution in [0.25, 0.3) is 0 Å². The van der Waals surface area contributed by atoms with Crippen LogP contribution in [0.3, 0.4) is 0 Å². The molecule has 1 fully saturated rings. The first-order valence-corrected chi connectivity index (χ1v) is 3.48. The molecule has 0 aliphatic carbocycles. The van der Waals surface area contributed by atoms with Gasteiger partial charge < -0.3 is 0 Å². The predicted molar refractivity (Wildman–Crippen MR) is 35.9 cm³/mol. The molecule has 0 spiro atoms. The first-order valence-electron chi connectivity index (χ1n) is 3.48. The van der Waals surface area contributed by atoms with Crippen molar-refractivity contribution in [1.82, 2.24) is 4.90 Å². The summed E-state index contributed by atoms with van der Waals surface area (Å²) in [5.74, 6) is 0. The predicted octanol–water partition coefficient (Wildman–Crippen LogP) is 0.994. The largest absolute Gasteiger partial charge is 0.288 e. The summed E-state index contributed by atoms with van der Waals surface area (Å²) in [6.07, 6.45) is 2.54. The third kappa shape index (κ3) is 1.43. The van der Waals surface area contributed by atoms with Crippen molar-refractivity contribution in [3.8, 4) is 6.07 Å². The topological polar surface area (TPSA) is 27.0 Å². The van der Waals surface area contributed by atoms with Crippen molar-refractivity contribution in [2.45, 2.75) is 25.8 Å². The molecule has 0 saturated carbocycles. The average Bonchev–Trinajstić information content (AvgIpc) is 2.37. The maximum Gasteiger partial charge on any atom is 0.0949 e. The lowest BCUT2D eigenvalue weighted by molar-refractivity contribution is 0.306. The minimum absolute atomic E-state index is 0.132. The summed E-state index contributed by atoms with van der Waals surface area (Å²) in [6, 6.07) is 2.36. The molecule has 1 saturated heterocycles. The Morgan fingerprint density at radius 3 is 2.44 bits per heavy atom. The van der Waals surface area contributed by atoms with Crippen molar-refractivity contribution in [3.63, 3.8) is 0 Å².